The van der Waals surface area contributed by atoms with E-state index in [9.17, 15) is 5.26 Å². The van der Waals surface area contributed by atoms with E-state index in [4.69, 9.17) is 10.00 Å². The first-order valence-corrected chi connectivity index (χ1v) is 10.9. The number of H-pyrrole nitrogens is 1. The highest BCUT2D eigenvalue weighted by Crippen LogP contribution is 2.32. The molecule has 7 heteroatoms. The third-order valence-corrected chi connectivity index (χ3v) is 5.79. The first-order chi connectivity index (χ1) is 16.2. The number of rotatable bonds is 6. The summed E-state index contributed by atoms with van der Waals surface area (Å²) in [5.41, 5.74) is 6.16. The standard InChI is InChI=1S/C26H22N6O/c27-12-18-6-4-17(5-7-18)8-9-29-15-21-16-30-25-10-20(14-31-26(25)33-21)24-11-22-19(13-28)2-1-3-23(22)32-24/h1-7,10-11,14,21,29-30,32H,8-9,15-16H2. The van der Waals surface area contributed by atoms with Gasteiger partial charge in [0.1, 0.15) is 6.10 Å². The second kappa shape index (κ2) is 9.04. The number of fused-ring (bicyclic) bond motifs is 2. The van der Waals surface area contributed by atoms with Crippen LogP contribution in [0.1, 0.15) is 16.7 Å². The zero-order valence-electron chi connectivity index (χ0n) is 17.9. The van der Waals surface area contributed by atoms with Gasteiger partial charge in [0.15, 0.2) is 0 Å². The van der Waals surface area contributed by atoms with E-state index in [1.807, 2.05) is 54.6 Å². The number of nitrogens with one attached hydrogen (secondary N) is 3. The average molecular weight is 435 g/mol. The van der Waals surface area contributed by atoms with Crippen molar-refractivity contribution < 1.29 is 4.74 Å². The third-order valence-electron chi connectivity index (χ3n) is 5.79. The molecule has 2 aromatic heterocycles. The number of nitriles is 2. The number of aromatic nitrogens is 2. The van der Waals surface area contributed by atoms with Gasteiger partial charge in [-0.1, -0.05) is 18.2 Å². The molecule has 2 aromatic carbocycles. The van der Waals surface area contributed by atoms with Crippen molar-refractivity contribution >= 4 is 16.6 Å². The number of ether oxygens (including phenoxy) is 1. The fourth-order valence-electron chi connectivity index (χ4n) is 4.01. The van der Waals surface area contributed by atoms with Gasteiger partial charge in [-0.05, 0) is 54.9 Å². The van der Waals surface area contributed by atoms with Crippen molar-refractivity contribution in [1.82, 2.24) is 15.3 Å². The van der Waals surface area contributed by atoms with Crippen molar-refractivity contribution in [2.45, 2.75) is 12.5 Å². The first kappa shape index (κ1) is 20.6. The van der Waals surface area contributed by atoms with Gasteiger partial charge in [0.2, 0.25) is 5.88 Å². The van der Waals surface area contributed by atoms with Crippen molar-refractivity contribution in [2.24, 2.45) is 0 Å². The summed E-state index contributed by atoms with van der Waals surface area (Å²) in [5, 5.41) is 26.0. The molecule has 0 bridgehead atoms. The molecular weight excluding hydrogens is 412 g/mol. The molecule has 0 saturated heterocycles. The summed E-state index contributed by atoms with van der Waals surface area (Å²) < 4.78 is 6.08. The zero-order chi connectivity index (χ0) is 22.6. The van der Waals surface area contributed by atoms with Crippen LogP contribution in [0.25, 0.3) is 22.2 Å². The summed E-state index contributed by atoms with van der Waals surface area (Å²) in [6, 6.07) is 21.7. The van der Waals surface area contributed by atoms with Crippen molar-refractivity contribution in [3.8, 4) is 29.3 Å². The van der Waals surface area contributed by atoms with Crippen LogP contribution in [-0.2, 0) is 6.42 Å². The maximum atomic E-state index is 9.33. The predicted octanol–water partition coefficient (Wildman–Crippen LogP) is 3.98. The normalized spacial score (nSPS) is 14.5. The number of benzene rings is 2. The van der Waals surface area contributed by atoms with Crippen LogP contribution in [-0.4, -0.2) is 35.7 Å². The fraction of sp³-hybridized carbons (Fsp3) is 0.192. The van der Waals surface area contributed by atoms with E-state index in [-0.39, 0.29) is 6.10 Å². The number of aromatic amines is 1. The summed E-state index contributed by atoms with van der Waals surface area (Å²) in [6.45, 7) is 2.23. The lowest BCUT2D eigenvalue weighted by Crippen LogP contribution is -2.40. The van der Waals surface area contributed by atoms with Crippen LogP contribution in [0.5, 0.6) is 5.88 Å². The molecule has 1 atom stereocenters. The molecule has 1 aliphatic heterocycles. The first-order valence-electron chi connectivity index (χ1n) is 10.9. The molecule has 0 fully saturated rings. The van der Waals surface area contributed by atoms with Crippen LogP contribution >= 0.6 is 0 Å². The summed E-state index contributed by atoms with van der Waals surface area (Å²) in [4.78, 5) is 7.90. The highest BCUT2D eigenvalue weighted by Gasteiger charge is 2.21. The van der Waals surface area contributed by atoms with Crippen LogP contribution in [0.2, 0.25) is 0 Å². The molecule has 4 aromatic rings. The van der Waals surface area contributed by atoms with Crippen molar-refractivity contribution in [3.05, 3.63) is 77.5 Å². The van der Waals surface area contributed by atoms with Gasteiger partial charge in [0.25, 0.3) is 0 Å². The largest absolute Gasteiger partial charge is 0.470 e. The van der Waals surface area contributed by atoms with Gasteiger partial charge >= 0.3 is 0 Å². The van der Waals surface area contributed by atoms with E-state index in [2.05, 4.69) is 32.7 Å². The van der Waals surface area contributed by atoms with Gasteiger partial charge in [-0.15, -0.1) is 0 Å². The number of nitrogens with zero attached hydrogens (tertiary/aromatic N) is 3. The quantitative estimate of drug-likeness (QED) is 0.396. The van der Waals surface area contributed by atoms with Gasteiger partial charge < -0.3 is 20.4 Å². The molecule has 1 unspecified atom stereocenters. The second-order valence-electron chi connectivity index (χ2n) is 8.02. The summed E-state index contributed by atoms with van der Waals surface area (Å²) >= 11 is 0. The monoisotopic (exact) mass is 434 g/mol. The summed E-state index contributed by atoms with van der Waals surface area (Å²) in [5.74, 6) is 0.595. The Morgan fingerprint density at radius 1 is 1.09 bits per heavy atom. The van der Waals surface area contributed by atoms with E-state index in [0.717, 1.165) is 40.8 Å². The Balaban J connectivity index is 1.19. The van der Waals surface area contributed by atoms with Gasteiger partial charge in [0, 0.05) is 34.9 Å². The maximum absolute atomic E-state index is 9.33. The average Bonchev–Trinajstić information content (AvgIpc) is 3.31. The summed E-state index contributed by atoms with van der Waals surface area (Å²) in [6.07, 6.45) is 2.67. The highest BCUT2D eigenvalue weighted by molar-refractivity contribution is 5.90. The Hall–Kier alpha value is -4.33. The molecule has 33 heavy (non-hydrogen) atoms. The number of hydrogen-bond donors (Lipinski definition) is 3. The Morgan fingerprint density at radius 2 is 1.97 bits per heavy atom. The fourth-order valence-corrected chi connectivity index (χ4v) is 4.01. The van der Waals surface area contributed by atoms with E-state index in [0.29, 0.717) is 30.1 Å². The van der Waals surface area contributed by atoms with E-state index >= 15 is 0 Å². The van der Waals surface area contributed by atoms with Crippen LogP contribution in [0, 0.1) is 22.7 Å². The van der Waals surface area contributed by atoms with Crippen LogP contribution < -0.4 is 15.4 Å². The second-order valence-corrected chi connectivity index (χ2v) is 8.02. The smallest absolute Gasteiger partial charge is 0.237 e. The molecule has 0 amide bonds. The SMILES string of the molecule is N#Cc1ccc(CCNCC2CNc3cc(-c4cc5c(C#N)cccc5[nH]4)cnc3O2)cc1. The predicted molar refractivity (Wildman–Crippen MR) is 127 cm³/mol. The Morgan fingerprint density at radius 3 is 2.79 bits per heavy atom. The van der Waals surface area contributed by atoms with Gasteiger partial charge in [-0.3, -0.25) is 0 Å². The molecule has 162 valence electrons. The zero-order valence-corrected chi connectivity index (χ0v) is 17.9. The molecular formula is C26H22N6O. The van der Waals surface area contributed by atoms with Crippen molar-refractivity contribution in [1.29, 1.82) is 10.5 Å². The number of pyridine rings is 1. The van der Waals surface area contributed by atoms with Gasteiger partial charge in [-0.2, -0.15) is 10.5 Å². The molecule has 7 nitrogen and oxygen atoms in total. The molecule has 0 radical (unpaired) electrons. The van der Waals surface area contributed by atoms with E-state index in [1.54, 1.807) is 6.20 Å². The number of anilines is 1. The molecule has 3 N–H and O–H groups in total. The van der Waals surface area contributed by atoms with Crippen LogP contribution in [0.3, 0.4) is 0 Å². The molecule has 0 spiro atoms. The Labute approximate surface area is 191 Å². The Kier molecular flexibility index (Phi) is 5.63. The maximum Gasteiger partial charge on any atom is 0.237 e. The van der Waals surface area contributed by atoms with Crippen LogP contribution in [0.4, 0.5) is 5.69 Å². The number of hydrogen-bond acceptors (Lipinski definition) is 6. The van der Waals surface area contributed by atoms with E-state index < -0.39 is 0 Å². The Bertz CT molecular complexity index is 1380. The molecule has 3 heterocycles. The molecule has 0 saturated carbocycles. The lowest BCUT2D eigenvalue weighted by Gasteiger charge is -2.27. The lowest BCUT2D eigenvalue weighted by molar-refractivity contribution is 0.194. The molecule has 5 rings (SSSR count). The minimum absolute atomic E-state index is 0.0110. The minimum Gasteiger partial charge on any atom is -0.470 e. The van der Waals surface area contributed by atoms with Crippen LogP contribution in [0.15, 0.2) is 60.8 Å². The summed E-state index contributed by atoms with van der Waals surface area (Å²) in [7, 11) is 0. The third kappa shape index (κ3) is 4.36. The molecule has 0 aliphatic carbocycles. The van der Waals surface area contributed by atoms with Gasteiger partial charge in [0.05, 0.1) is 35.5 Å². The minimum atomic E-state index is -0.0110. The molecule has 1 aliphatic rings. The van der Waals surface area contributed by atoms with E-state index in [1.165, 1.54) is 5.56 Å². The lowest BCUT2D eigenvalue weighted by atomic mass is 10.1. The van der Waals surface area contributed by atoms with Gasteiger partial charge in [-0.25, -0.2) is 4.98 Å². The van der Waals surface area contributed by atoms with Crippen molar-refractivity contribution in [2.75, 3.05) is 25.0 Å². The van der Waals surface area contributed by atoms with Crippen molar-refractivity contribution in [3.63, 3.8) is 0 Å². The topological polar surface area (TPSA) is 110 Å². The highest BCUT2D eigenvalue weighted by atomic mass is 16.5.